The molecule has 0 aliphatic carbocycles. The Morgan fingerprint density at radius 2 is 2.00 bits per heavy atom. The molecule has 1 aliphatic heterocycles. The van der Waals surface area contributed by atoms with E-state index in [1.807, 2.05) is 31.2 Å². The van der Waals surface area contributed by atoms with E-state index in [1.54, 1.807) is 11.8 Å². The molecule has 6 heteroatoms. The Morgan fingerprint density at radius 1 is 1.26 bits per heavy atom. The Bertz CT molecular complexity index is 762. The highest BCUT2D eigenvalue weighted by Gasteiger charge is 2.20. The SMILES string of the molecule is CCSc1nc(N2CCOCC2)cc(C)c1C(=O)NCCc1ccccc1. The fraction of sp³-hybridized carbons (Fsp3) is 0.429. The number of rotatable bonds is 7. The first-order valence-electron chi connectivity index (χ1n) is 9.48. The van der Waals surface area contributed by atoms with Gasteiger partial charge in [0, 0.05) is 19.6 Å². The van der Waals surface area contributed by atoms with Gasteiger partial charge in [-0.15, -0.1) is 11.8 Å². The molecule has 0 atom stereocenters. The van der Waals surface area contributed by atoms with E-state index in [9.17, 15) is 4.79 Å². The number of pyridine rings is 1. The number of amides is 1. The van der Waals surface area contributed by atoms with Gasteiger partial charge in [-0.2, -0.15) is 0 Å². The molecule has 1 fully saturated rings. The van der Waals surface area contributed by atoms with Crippen molar-refractivity contribution >= 4 is 23.5 Å². The molecule has 1 aliphatic rings. The fourth-order valence-corrected chi connectivity index (χ4v) is 3.98. The van der Waals surface area contributed by atoms with Crippen molar-refractivity contribution in [2.24, 2.45) is 0 Å². The van der Waals surface area contributed by atoms with Gasteiger partial charge in [0.2, 0.25) is 0 Å². The van der Waals surface area contributed by atoms with Crippen molar-refractivity contribution in [2.75, 3.05) is 43.5 Å². The normalized spacial score (nSPS) is 14.2. The second kappa shape index (κ2) is 9.76. The Morgan fingerprint density at radius 3 is 2.70 bits per heavy atom. The van der Waals surface area contributed by atoms with Gasteiger partial charge in [-0.25, -0.2) is 4.98 Å². The van der Waals surface area contributed by atoms with Crippen LogP contribution in [0.1, 0.15) is 28.4 Å². The van der Waals surface area contributed by atoms with Crippen LogP contribution < -0.4 is 10.2 Å². The van der Waals surface area contributed by atoms with Gasteiger partial charge >= 0.3 is 0 Å². The third-order valence-corrected chi connectivity index (χ3v) is 5.41. The van der Waals surface area contributed by atoms with Crippen LogP contribution in [0, 0.1) is 6.92 Å². The lowest BCUT2D eigenvalue weighted by Crippen LogP contribution is -2.37. The van der Waals surface area contributed by atoms with Gasteiger partial charge in [0.05, 0.1) is 18.8 Å². The zero-order chi connectivity index (χ0) is 19.1. The van der Waals surface area contributed by atoms with Crippen molar-refractivity contribution in [3.05, 3.63) is 53.1 Å². The molecule has 1 aromatic heterocycles. The number of thioether (sulfide) groups is 1. The predicted molar refractivity (Wildman–Crippen MR) is 111 cm³/mol. The lowest BCUT2D eigenvalue weighted by Gasteiger charge is -2.28. The second-order valence-electron chi connectivity index (χ2n) is 6.50. The predicted octanol–water partition coefficient (Wildman–Crippen LogP) is 3.31. The molecule has 27 heavy (non-hydrogen) atoms. The molecule has 0 saturated carbocycles. The molecule has 0 spiro atoms. The van der Waals surface area contributed by atoms with Crippen molar-refractivity contribution < 1.29 is 9.53 Å². The maximum absolute atomic E-state index is 12.8. The third kappa shape index (κ3) is 5.23. The van der Waals surface area contributed by atoms with E-state index < -0.39 is 0 Å². The molecule has 2 aromatic rings. The van der Waals surface area contributed by atoms with Crippen LogP contribution in [-0.2, 0) is 11.2 Å². The molecule has 5 nitrogen and oxygen atoms in total. The largest absolute Gasteiger partial charge is 0.378 e. The number of nitrogens with one attached hydrogen (secondary N) is 1. The van der Waals surface area contributed by atoms with Gasteiger partial charge in [0.1, 0.15) is 10.8 Å². The van der Waals surface area contributed by atoms with Gasteiger partial charge in [-0.3, -0.25) is 4.79 Å². The van der Waals surface area contributed by atoms with E-state index in [0.717, 1.165) is 54.9 Å². The lowest BCUT2D eigenvalue weighted by molar-refractivity contribution is 0.0949. The molecular formula is C21H27N3O2S. The number of aromatic nitrogens is 1. The van der Waals surface area contributed by atoms with Crippen LogP contribution in [0.2, 0.25) is 0 Å². The molecule has 0 bridgehead atoms. The summed E-state index contributed by atoms with van der Waals surface area (Å²) in [6.07, 6.45) is 0.821. The Labute approximate surface area is 165 Å². The summed E-state index contributed by atoms with van der Waals surface area (Å²) in [4.78, 5) is 19.9. The summed E-state index contributed by atoms with van der Waals surface area (Å²) in [7, 11) is 0. The number of carbonyl (C=O) groups excluding carboxylic acids is 1. The Hall–Kier alpha value is -2.05. The molecule has 1 amide bonds. The highest BCUT2D eigenvalue weighted by molar-refractivity contribution is 7.99. The molecule has 144 valence electrons. The number of hydrogen-bond donors (Lipinski definition) is 1. The van der Waals surface area contributed by atoms with Crippen LogP contribution in [0.25, 0.3) is 0 Å². The minimum Gasteiger partial charge on any atom is -0.378 e. The lowest BCUT2D eigenvalue weighted by atomic mass is 10.1. The number of carbonyl (C=O) groups is 1. The molecular weight excluding hydrogens is 358 g/mol. The number of benzene rings is 1. The van der Waals surface area contributed by atoms with E-state index >= 15 is 0 Å². The van der Waals surface area contributed by atoms with Crippen LogP contribution >= 0.6 is 11.8 Å². The van der Waals surface area contributed by atoms with E-state index in [0.29, 0.717) is 12.1 Å². The highest BCUT2D eigenvalue weighted by Crippen LogP contribution is 2.28. The zero-order valence-electron chi connectivity index (χ0n) is 16.0. The van der Waals surface area contributed by atoms with Crippen LogP contribution in [0.5, 0.6) is 0 Å². The van der Waals surface area contributed by atoms with Crippen LogP contribution in [0.15, 0.2) is 41.4 Å². The average Bonchev–Trinajstić information content (AvgIpc) is 2.69. The minimum atomic E-state index is -0.0413. The van der Waals surface area contributed by atoms with Crippen molar-refractivity contribution in [2.45, 2.75) is 25.3 Å². The van der Waals surface area contributed by atoms with Gasteiger partial charge in [0.15, 0.2) is 0 Å². The maximum atomic E-state index is 12.8. The zero-order valence-corrected chi connectivity index (χ0v) is 16.8. The minimum absolute atomic E-state index is 0.0413. The third-order valence-electron chi connectivity index (χ3n) is 4.56. The average molecular weight is 386 g/mol. The first-order valence-corrected chi connectivity index (χ1v) is 10.5. The van der Waals surface area contributed by atoms with Crippen LogP contribution in [0.4, 0.5) is 5.82 Å². The van der Waals surface area contributed by atoms with E-state index in [1.165, 1.54) is 5.56 Å². The topological polar surface area (TPSA) is 54.5 Å². The van der Waals surface area contributed by atoms with Crippen molar-refractivity contribution in [1.29, 1.82) is 0 Å². The number of hydrogen-bond acceptors (Lipinski definition) is 5. The highest BCUT2D eigenvalue weighted by atomic mass is 32.2. The summed E-state index contributed by atoms with van der Waals surface area (Å²) in [5.74, 6) is 1.77. The summed E-state index contributed by atoms with van der Waals surface area (Å²) in [5, 5.41) is 3.88. The molecule has 0 radical (unpaired) electrons. The van der Waals surface area contributed by atoms with Crippen molar-refractivity contribution in [1.82, 2.24) is 10.3 Å². The standard InChI is InChI=1S/C21H27N3O2S/c1-3-27-21-19(20(25)22-10-9-17-7-5-4-6-8-17)16(2)15-18(23-21)24-11-13-26-14-12-24/h4-8,15H,3,9-14H2,1-2H3,(H,22,25). The van der Waals surface area contributed by atoms with Gasteiger partial charge < -0.3 is 15.0 Å². The second-order valence-corrected chi connectivity index (χ2v) is 7.75. The smallest absolute Gasteiger partial charge is 0.254 e. The summed E-state index contributed by atoms with van der Waals surface area (Å²) < 4.78 is 5.43. The molecule has 1 saturated heterocycles. The maximum Gasteiger partial charge on any atom is 0.254 e. The molecule has 1 N–H and O–H groups in total. The molecule has 3 rings (SSSR count). The fourth-order valence-electron chi connectivity index (χ4n) is 3.15. The van der Waals surface area contributed by atoms with E-state index in [4.69, 9.17) is 9.72 Å². The van der Waals surface area contributed by atoms with Gasteiger partial charge in [-0.05, 0) is 36.3 Å². The Kier molecular flexibility index (Phi) is 7.12. The quantitative estimate of drug-likeness (QED) is 0.741. The first-order chi connectivity index (χ1) is 13.2. The number of ether oxygens (including phenoxy) is 1. The van der Waals surface area contributed by atoms with Crippen LogP contribution in [0.3, 0.4) is 0 Å². The summed E-state index contributed by atoms with van der Waals surface area (Å²) in [6, 6.07) is 12.2. The van der Waals surface area contributed by atoms with Gasteiger partial charge in [-0.1, -0.05) is 37.3 Å². The summed E-state index contributed by atoms with van der Waals surface area (Å²) in [5.41, 5.74) is 2.89. The summed E-state index contributed by atoms with van der Waals surface area (Å²) >= 11 is 1.62. The number of morpholine rings is 1. The summed E-state index contributed by atoms with van der Waals surface area (Å²) in [6.45, 7) is 7.81. The molecule has 2 heterocycles. The van der Waals surface area contributed by atoms with Crippen molar-refractivity contribution in [3.63, 3.8) is 0 Å². The Balaban J connectivity index is 1.73. The van der Waals surface area contributed by atoms with Gasteiger partial charge in [0.25, 0.3) is 5.91 Å². The number of aryl methyl sites for hydroxylation is 1. The van der Waals surface area contributed by atoms with E-state index in [-0.39, 0.29) is 5.91 Å². The first kappa shape index (κ1) is 19.7. The van der Waals surface area contributed by atoms with Crippen LogP contribution in [-0.4, -0.2) is 49.5 Å². The molecule has 0 unspecified atom stereocenters. The van der Waals surface area contributed by atoms with E-state index in [2.05, 4.69) is 29.3 Å². The number of nitrogens with zero attached hydrogens (tertiary/aromatic N) is 2. The number of anilines is 1. The molecule has 1 aromatic carbocycles. The van der Waals surface area contributed by atoms with Crippen molar-refractivity contribution in [3.8, 4) is 0 Å². The monoisotopic (exact) mass is 385 g/mol.